The summed E-state index contributed by atoms with van der Waals surface area (Å²) in [4.78, 5) is 10.3. The zero-order valence-electron chi connectivity index (χ0n) is 14.5. The smallest absolute Gasteiger partial charge is 0.347 e. The maximum atomic E-state index is 10.8. The van der Waals surface area contributed by atoms with Gasteiger partial charge in [0.25, 0.3) is 0 Å². The highest BCUT2D eigenvalue weighted by Gasteiger charge is 2.12. The third-order valence-electron chi connectivity index (χ3n) is 4.30. The minimum absolute atomic E-state index is 0.111. The first-order valence-electron chi connectivity index (χ1n) is 8.43. The van der Waals surface area contributed by atoms with Crippen LogP contribution in [0.1, 0.15) is 12.0 Å². The van der Waals surface area contributed by atoms with Gasteiger partial charge in [-0.05, 0) is 34.3 Å². The van der Waals surface area contributed by atoms with Gasteiger partial charge in [-0.3, -0.25) is 0 Å². The average Bonchev–Trinajstić information content (AvgIpc) is 3.33. The van der Waals surface area contributed by atoms with Crippen LogP contribution in [0.5, 0.6) is 0 Å². The highest BCUT2D eigenvalue weighted by Crippen LogP contribution is 2.27. The number of hydrogen-bond donors (Lipinski definition) is 1. The van der Waals surface area contributed by atoms with E-state index in [1.165, 1.54) is 17.6 Å². The van der Waals surface area contributed by atoms with E-state index >= 15 is 0 Å². The number of carboxylic acid groups (broad SMARTS) is 1. The molecular formula is C22H18O4S. The lowest BCUT2D eigenvalue weighted by molar-refractivity contribution is -0.129. The van der Waals surface area contributed by atoms with Crippen LogP contribution in [-0.4, -0.2) is 24.4 Å². The summed E-state index contributed by atoms with van der Waals surface area (Å²) in [6.07, 6.45) is 9.79. The molecule has 4 rings (SSSR count). The van der Waals surface area contributed by atoms with Crippen LogP contribution in [0.3, 0.4) is 0 Å². The van der Waals surface area contributed by atoms with Gasteiger partial charge in [-0.1, -0.05) is 78.9 Å². The van der Waals surface area contributed by atoms with Crippen LogP contribution in [0, 0.1) is 0 Å². The van der Waals surface area contributed by atoms with E-state index in [0.717, 1.165) is 11.1 Å². The van der Waals surface area contributed by atoms with Gasteiger partial charge in [0.1, 0.15) is 0 Å². The summed E-state index contributed by atoms with van der Waals surface area (Å²) in [5, 5.41) is 8.81. The van der Waals surface area contributed by atoms with E-state index in [4.69, 9.17) is 5.11 Å². The zero-order chi connectivity index (χ0) is 19.2. The molecule has 136 valence electrons. The van der Waals surface area contributed by atoms with Crippen molar-refractivity contribution >= 4 is 21.1 Å². The van der Waals surface area contributed by atoms with Gasteiger partial charge in [0.15, 0.2) is 4.86 Å². The summed E-state index contributed by atoms with van der Waals surface area (Å²) in [7, 11) is -2.71. The first-order chi connectivity index (χ1) is 13.0. The number of carboxylic acids is 1. The Morgan fingerprint density at radius 3 is 1.81 bits per heavy atom. The second-order valence-corrected chi connectivity index (χ2v) is 7.16. The molecule has 2 aromatic rings. The van der Waals surface area contributed by atoms with E-state index in [9.17, 15) is 13.2 Å². The molecule has 2 aromatic carbocycles. The van der Waals surface area contributed by atoms with Crippen LogP contribution in [0.25, 0.3) is 11.1 Å². The van der Waals surface area contributed by atoms with Crippen molar-refractivity contribution in [2.75, 3.05) is 0 Å². The van der Waals surface area contributed by atoms with Gasteiger partial charge in [-0.2, -0.15) is 8.42 Å². The zero-order valence-corrected chi connectivity index (χ0v) is 15.3. The Labute approximate surface area is 159 Å². The van der Waals surface area contributed by atoms with Crippen molar-refractivity contribution in [2.45, 2.75) is 12.8 Å². The van der Waals surface area contributed by atoms with Gasteiger partial charge < -0.3 is 5.11 Å². The van der Waals surface area contributed by atoms with Crippen LogP contribution in [0.2, 0.25) is 0 Å². The highest BCUT2D eigenvalue weighted by molar-refractivity contribution is 7.74. The SMILES string of the molecule is C1=CC2=CC=C1C2.O=C(O)C(Cc1ccc(-c2ccccc2)cc1)=S(=O)=O. The molecule has 27 heavy (non-hydrogen) atoms. The highest BCUT2D eigenvalue weighted by atomic mass is 32.2. The quantitative estimate of drug-likeness (QED) is 0.821. The fraction of sp³-hybridized carbons (Fsp3) is 0.0909. The Kier molecular flexibility index (Phi) is 5.84. The standard InChI is InChI=1S/C15H12O4S.C7H6/c16-15(17)14(20(18)19)10-11-6-8-13(9-7-11)12-4-2-1-3-5-12;1-2-7-4-3-6(1)5-7/h1-9H,10H2,(H,16,17);1-4H,5H2. The number of rotatable bonds is 4. The van der Waals surface area contributed by atoms with Gasteiger partial charge in [0.2, 0.25) is 10.3 Å². The molecule has 0 spiro atoms. The molecule has 0 heterocycles. The summed E-state index contributed by atoms with van der Waals surface area (Å²) >= 11 is 0. The van der Waals surface area contributed by atoms with E-state index in [-0.39, 0.29) is 6.42 Å². The Morgan fingerprint density at radius 1 is 0.852 bits per heavy atom. The summed E-state index contributed by atoms with van der Waals surface area (Å²) in [6.45, 7) is 0. The number of allylic oxidation sites excluding steroid dienone is 6. The molecule has 0 saturated heterocycles. The van der Waals surface area contributed by atoms with Crippen molar-refractivity contribution in [2.24, 2.45) is 0 Å². The monoisotopic (exact) mass is 378 g/mol. The van der Waals surface area contributed by atoms with Crippen LogP contribution in [0.4, 0.5) is 0 Å². The Balaban J connectivity index is 0.000000246. The number of carbonyl (C=O) groups is 1. The molecule has 0 aliphatic heterocycles. The first kappa shape index (κ1) is 18.6. The van der Waals surface area contributed by atoms with E-state index in [2.05, 4.69) is 24.3 Å². The fourth-order valence-corrected chi connectivity index (χ4v) is 3.27. The molecule has 2 bridgehead atoms. The van der Waals surface area contributed by atoms with Crippen molar-refractivity contribution in [3.05, 3.63) is 95.6 Å². The molecule has 0 fully saturated rings. The van der Waals surface area contributed by atoms with Gasteiger partial charge in [-0.25, -0.2) is 4.79 Å². The molecule has 4 nitrogen and oxygen atoms in total. The number of hydrogen-bond acceptors (Lipinski definition) is 3. The molecule has 0 radical (unpaired) electrons. The van der Waals surface area contributed by atoms with E-state index in [1.54, 1.807) is 12.1 Å². The molecule has 5 heteroatoms. The van der Waals surface area contributed by atoms with E-state index in [1.807, 2.05) is 42.5 Å². The predicted octanol–water partition coefficient (Wildman–Crippen LogP) is 3.84. The molecule has 0 atom stereocenters. The van der Waals surface area contributed by atoms with Crippen LogP contribution >= 0.6 is 0 Å². The second-order valence-electron chi connectivity index (χ2n) is 6.20. The van der Waals surface area contributed by atoms with Gasteiger partial charge >= 0.3 is 5.97 Å². The van der Waals surface area contributed by atoms with Crippen LogP contribution < -0.4 is 0 Å². The lowest BCUT2D eigenvalue weighted by Crippen LogP contribution is -2.16. The number of benzene rings is 2. The third kappa shape index (κ3) is 4.92. The summed E-state index contributed by atoms with van der Waals surface area (Å²) in [5.41, 5.74) is 5.62. The molecule has 0 unspecified atom stereocenters. The van der Waals surface area contributed by atoms with E-state index < -0.39 is 21.1 Å². The largest absolute Gasteiger partial charge is 0.477 e. The van der Waals surface area contributed by atoms with Crippen LogP contribution in [-0.2, 0) is 21.5 Å². The van der Waals surface area contributed by atoms with Crippen molar-refractivity contribution in [1.29, 1.82) is 0 Å². The van der Waals surface area contributed by atoms with Crippen molar-refractivity contribution in [3.8, 4) is 11.1 Å². The van der Waals surface area contributed by atoms with Crippen LogP contribution in [0.15, 0.2) is 90.0 Å². The Hall–Kier alpha value is -3.18. The van der Waals surface area contributed by atoms with Crippen molar-refractivity contribution in [3.63, 3.8) is 0 Å². The van der Waals surface area contributed by atoms with Crippen molar-refractivity contribution < 1.29 is 18.3 Å². The topological polar surface area (TPSA) is 71.4 Å². The molecule has 0 amide bonds. The number of aliphatic carboxylic acids is 1. The fourth-order valence-electron chi connectivity index (χ4n) is 2.85. The molecule has 0 aromatic heterocycles. The van der Waals surface area contributed by atoms with Gasteiger partial charge in [0, 0.05) is 6.42 Å². The minimum Gasteiger partial charge on any atom is -0.477 e. The Bertz CT molecular complexity index is 1040. The summed E-state index contributed by atoms with van der Waals surface area (Å²) in [5.74, 6) is -1.41. The number of fused-ring (bicyclic) bond motifs is 2. The lowest BCUT2D eigenvalue weighted by Gasteiger charge is -2.03. The second kappa shape index (κ2) is 8.47. The normalized spacial score (nSPS) is 13.3. The molecule has 2 aliphatic rings. The molecule has 1 N–H and O–H groups in total. The first-order valence-corrected chi connectivity index (χ1v) is 9.51. The van der Waals surface area contributed by atoms with Gasteiger partial charge in [0.05, 0.1) is 0 Å². The van der Waals surface area contributed by atoms with Crippen molar-refractivity contribution in [1.82, 2.24) is 0 Å². The third-order valence-corrected chi connectivity index (χ3v) is 5.02. The molecular weight excluding hydrogens is 360 g/mol. The van der Waals surface area contributed by atoms with Gasteiger partial charge in [-0.15, -0.1) is 0 Å². The average molecular weight is 378 g/mol. The molecule has 0 saturated carbocycles. The molecule has 2 aliphatic carbocycles. The van der Waals surface area contributed by atoms with E-state index in [0.29, 0.717) is 5.56 Å². The Morgan fingerprint density at radius 2 is 1.41 bits per heavy atom. The minimum atomic E-state index is -2.71. The maximum Gasteiger partial charge on any atom is 0.347 e. The summed E-state index contributed by atoms with van der Waals surface area (Å²) < 4.78 is 21.6. The summed E-state index contributed by atoms with van der Waals surface area (Å²) in [6, 6.07) is 16.9. The lowest BCUT2D eigenvalue weighted by atomic mass is 10.0. The maximum absolute atomic E-state index is 10.8. The predicted molar refractivity (Wildman–Crippen MR) is 107 cm³/mol.